The van der Waals surface area contributed by atoms with Crippen molar-refractivity contribution < 1.29 is 19.1 Å². The summed E-state index contributed by atoms with van der Waals surface area (Å²) in [7, 11) is 1.49. The number of rotatable bonds is 6. The van der Waals surface area contributed by atoms with Gasteiger partial charge in [-0.1, -0.05) is 41.9 Å². The van der Waals surface area contributed by atoms with Crippen molar-refractivity contribution in [2.24, 2.45) is 0 Å². The average Bonchev–Trinajstić information content (AvgIpc) is 2.62. The summed E-state index contributed by atoms with van der Waals surface area (Å²) in [6.07, 6.45) is -0.978. The van der Waals surface area contributed by atoms with E-state index in [0.717, 1.165) is 5.56 Å². The number of nitrogens with one attached hydrogen (secondary N) is 1. The van der Waals surface area contributed by atoms with Crippen molar-refractivity contribution in [1.29, 1.82) is 0 Å². The fourth-order valence-electron chi connectivity index (χ4n) is 2.35. The van der Waals surface area contributed by atoms with E-state index >= 15 is 0 Å². The molecule has 1 atom stereocenters. The van der Waals surface area contributed by atoms with Crippen molar-refractivity contribution in [3.63, 3.8) is 0 Å². The molecule has 0 heterocycles. The van der Waals surface area contributed by atoms with Gasteiger partial charge in [0.15, 0.2) is 6.10 Å². The molecule has 0 aromatic heterocycles. The molecule has 1 N–H and O–H groups in total. The van der Waals surface area contributed by atoms with Gasteiger partial charge < -0.3 is 14.8 Å². The quantitative estimate of drug-likeness (QED) is 0.768. The maximum atomic E-state index is 12.6. The number of anilines is 1. The Balaban J connectivity index is 2.07. The van der Waals surface area contributed by atoms with Gasteiger partial charge in [-0.3, -0.25) is 9.59 Å². The van der Waals surface area contributed by atoms with Crippen molar-refractivity contribution in [3.05, 3.63) is 59.1 Å². The Hall–Kier alpha value is -2.53. The topological polar surface area (TPSA) is 64.6 Å². The SMILES string of the molecule is COc1ccc(Cl)cc1NC(=O)[C@@H](C)OC(=O)C(C)(C)c1ccccc1. The van der Waals surface area contributed by atoms with Gasteiger partial charge in [0.25, 0.3) is 5.91 Å². The summed E-state index contributed by atoms with van der Waals surface area (Å²) >= 11 is 5.96. The molecule has 5 nitrogen and oxygen atoms in total. The molecule has 0 saturated heterocycles. The second-order valence-corrected chi connectivity index (χ2v) is 6.81. The van der Waals surface area contributed by atoms with Crippen molar-refractivity contribution in [2.45, 2.75) is 32.3 Å². The van der Waals surface area contributed by atoms with E-state index < -0.39 is 23.4 Å². The van der Waals surface area contributed by atoms with Crippen LogP contribution in [-0.4, -0.2) is 25.1 Å². The van der Waals surface area contributed by atoms with E-state index in [-0.39, 0.29) is 0 Å². The van der Waals surface area contributed by atoms with Gasteiger partial charge in [0.2, 0.25) is 0 Å². The molecule has 0 aliphatic rings. The first-order valence-corrected chi connectivity index (χ1v) is 8.54. The van der Waals surface area contributed by atoms with Crippen LogP contribution in [0.5, 0.6) is 5.75 Å². The third kappa shape index (κ3) is 4.55. The zero-order valence-electron chi connectivity index (χ0n) is 15.2. The lowest BCUT2D eigenvalue weighted by molar-refractivity contribution is -0.158. The maximum absolute atomic E-state index is 12.6. The molecule has 1 amide bonds. The highest BCUT2D eigenvalue weighted by atomic mass is 35.5. The summed E-state index contributed by atoms with van der Waals surface area (Å²) in [6.45, 7) is 5.04. The minimum Gasteiger partial charge on any atom is -0.495 e. The molecule has 0 spiro atoms. The van der Waals surface area contributed by atoms with Gasteiger partial charge in [-0.05, 0) is 44.5 Å². The molecule has 0 unspecified atom stereocenters. The normalized spacial score (nSPS) is 12.2. The Labute approximate surface area is 158 Å². The van der Waals surface area contributed by atoms with Crippen LogP contribution < -0.4 is 10.1 Å². The summed E-state index contributed by atoms with van der Waals surface area (Å²) in [5.41, 5.74) is 0.355. The third-order valence-electron chi connectivity index (χ3n) is 4.08. The molecular weight excluding hydrogens is 354 g/mol. The molecule has 2 aromatic rings. The van der Waals surface area contributed by atoms with Crippen molar-refractivity contribution in [3.8, 4) is 5.75 Å². The highest BCUT2D eigenvalue weighted by Gasteiger charge is 2.33. The van der Waals surface area contributed by atoms with Crippen molar-refractivity contribution in [1.82, 2.24) is 0 Å². The van der Waals surface area contributed by atoms with Crippen LogP contribution >= 0.6 is 11.6 Å². The lowest BCUT2D eigenvalue weighted by Gasteiger charge is -2.25. The molecule has 2 rings (SSSR count). The predicted molar refractivity (Wildman–Crippen MR) is 102 cm³/mol. The largest absolute Gasteiger partial charge is 0.495 e. The molecule has 2 aromatic carbocycles. The number of hydrogen-bond donors (Lipinski definition) is 1. The van der Waals surface area contributed by atoms with E-state index in [1.807, 2.05) is 30.3 Å². The molecule has 0 aliphatic heterocycles. The highest BCUT2D eigenvalue weighted by Crippen LogP contribution is 2.28. The molecule has 0 fully saturated rings. The monoisotopic (exact) mass is 375 g/mol. The number of benzene rings is 2. The zero-order chi connectivity index (χ0) is 19.3. The van der Waals surface area contributed by atoms with Gasteiger partial charge in [0.1, 0.15) is 5.75 Å². The Morgan fingerprint density at radius 1 is 1.12 bits per heavy atom. The maximum Gasteiger partial charge on any atom is 0.316 e. The lowest BCUT2D eigenvalue weighted by Crippen LogP contribution is -2.37. The van der Waals surface area contributed by atoms with Crippen LogP contribution in [0, 0.1) is 0 Å². The number of amides is 1. The molecule has 0 radical (unpaired) electrons. The summed E-state index contributed by atoms with van der Waals surface area (Å²) in [6, 6.07) is 14.2. The minimum absolute atomic E-state index is 0.412. The third-order valence-corrected chi connectivity index (χ3v) is 4.31. The van der Waals surface area contributed by atoms with Crippen molar-refractivity contribution >= 4 is 29.2 Å². The first kappa shape index (κ1) is 19.8. The van der Waals surface area contributed by atoms with Crippen LogP contribution in [0.25, 0.3) is 0 Å². The number of carbonyl (C=O) groups is 2. The van der Waals surface area contributed by atoms with Gasteiger partial charge >= 0.3 is 5.97 Å². The minimum atomic E-state index is -0.978. The Morgan fingerprint density at radius 2 is 1.77 bits per heavy atom. The lowest BCUT2D eigenvalue weighted by atomic mass is 9.85. The van der Waals surface area contributed by atoms with Gasteiger partial charge in [-0.2, -0.15) is 0 Å². The summed E-state index contributed by atoms with van der Waals surface area (Å²) < 4.78 is 10.6. The number of ether oxygens (including phenoxy) is 2. The second-order valence-electron chi connectivity index (χ2n) is 6.37. The first-order valence-electron chi connectivity index (χ1n) is 8.16. The van der Waals surface area contributed by atoms with E-state index in [1.165, 1.54) is 14.0 Å². The van der Waals surface area contributed by atoms with E-state index in [0.29, 0.717) is 16.5 Å². The van der Waals surface area contributed by atoms with Crippen molar-refractivity contribution in [2.75, 3.05) is 12.4 Å². The van der Waals surface area contributed by atoms with Crippen LogP contribution in [0.1, 0.15) is 26.3 Å². The van der Waals surface area contributed by atoms with Crippen LogP contribution in [0.3, 0.4) is 0 Å². The molecule has 6 heteroatoms. The smallest absolute Gasteiger partial charge is 0.316 e. The zero-order valence-corrected chi connectivity index (χ0v) is 16.0. The van der Waals surface area contributed by atoms with Crippen LogP contribution in [0.15, 0.2) is 48.5 Å². The second kappa shape index (κ2) is 8.23. The number of hydrogen-bond acceptors (Lipinski definition) is 4. The van der Waals surface area contributed by atoms with Gasteiger partial charge in [-0.25, -0.2) is 0 Å². The van der Waals surface area contributed by atoms with Gasteiger partial charge in [-0.15, -0.1) is 0 Å². The van der Waals surface area contributed by atoms with E-state index in [4.69, 9.17) is 21.1 Å². The van der Waals surface area contributed by atoms with Crippen LogP contribution in [0.4, 0.5) is 5.69 Å². The fourth-order valence-corrected chi connectivity index (χ4v) is 2.52. The summed E-state index contributed by atoms with van der Waals surface area (Å²) in [5, 5.41) is 3.13. The van der Waals surface area contributed by atoms with E-state index in [1.54, 1.807) is 32.0 Å². The number of methoxy groups -OCH3 is 1. The van der Waals surface area contributed by atoms with E-state index in [9.17, 15) is 9.59 Å². The highest BCUT2D eigenvalue weighted by molar-refractivity contribution is 6.31. The summed E-state index contributed by atoms with van der Waals surface area (Å²) in [4.78, 5) is 25.0. The molecule has 0 aliphatic carbocycles. The number of halogens is 1. The van der Waals surface area contributed by atoms with Crippen LogP contribution in [0.2, 0.25) is 5.02 Å². The van der Waals surface area contributed by atoms with Gasteiger partial charge in [0.05, 0.1) is 18.2 Å². The fraction of sp³-hybridized carbons (Fsp3) is 0.300. The standard InChI is InChI=1S/C20H22ClNO4/c1-13(18(23)22-16-12-15(21)10-11-17(16)25-4)26-19(24)20(2,3)14-8-6-5-7-9-14/h5-13H,1-4H3,(H,22,23)/t13-/m1/s1. The Bertz CT molecular complexity index is 790. The molecule has 0 bridgehead atoms. The average molecular weight is 376 g/mol. The Kier molecular flexibility index (Phi) is 6.27. The van der Waals surface area contributed by atoms with Gasteiger partial charge in [0, 0.05) is 5.02 Å². The number of esters is 1. The van der Waals surface area contributed by atoms with E-state index in [2.05, 4.69) is 5.32 Å². The summed E-state index contributed by atoms with van der Waals surface area (Å²) in [5.74, 6) is -0.488. The molecular formula is C20H22ClNO4. The predicted octanol–water partition coefficient (Wildman–Crippen LogP) is 4.20. The van der Waals surface area contributed by atoms with Crippen LogP contribution in [-0.2, 0) is 19.7 Å². The molecule has 26 heavy (non-hydrogen) atoms. The molecule has 0 saturated carbocycles. The molecule has 138 valence electrons. The number of carbonyl (C=O) groups excluding carboxylic acids is 2. The first-order chi connectivity index (χ1) is 12.3. The Morgan fingerprint density at radius 3 is 2.38 bits per heavy atom.